The van der Waals surface area contributed by atoms with E-state index in [1.807, 2.05) is 4.90 Å². The van der Waals surface area contributed by atoms with E-state index in [9.17, 15) is 31.1 Å². The predicted octanol–water partition coefficient (Wildman–Crippen LogP) is 7.46. The van der Waals surface area contributed by atoms with Crippen molar-refractivity contribution in [3.8, 4) is 0 Å². The first-order valence-corrected chi connectivity index (χ1v) is 14.6. The van der Waals surface area contributed by atoms with Crippen molar-refractivity contribution in [3.63, 3.8) is 0 Å². The van der Waals surface area contributed by atoms with Crippen LogP contribution < -0.4 is 5.32 Å². The van der Waals surface area contributed by atoms with Crippen LogP contribution in [0.2, 0.25) is 0 Å². The number of nitrogens with one attached hydrogen (secondary N) is 1. The van der Waals surface area contributed by atoms with Crippen LogP contribution in [0.5, 0.6) is 0 Å². The topological polar surface area (TPSA) is 69.6 Å². The van der Waals surface area contributed by atoms with E-state index in [0.717, 1.165) is 48.2 Å². The highest BCUT2D eigenvalue weighted by molar-refractivity contribution is 9.10. The Kier molecular flexibility index (Phi) is 9.37. The van der Waals surface area contributed by atoms with E-state index in [-0.39, 0.29) is 24.4 Å². The lowest BCUT2D eigenvalue weighted by atomic mass is 9.73. The average molecular weight is 663 g/mol. The fraction of sp³-hybridized carbons (Fsp3) is 0.533. The van der Waals surface area contributed by atoms with Gasteiger partial charge in [0.2, 0.25) is 5.91 Å². The van der Waals surface area contributed by atoms with Gasteiger partial charge >= 0.3 is 18.3 Å². The third kappa shape index (κ3) is 6.96. The maximum atomic E-state index is 13.9. The molecule has 1 amide bonds. The van der Waals surface area contributed by atoms with Crippen molar-refractivity contribution in [1.82, 2.24) is 10.2 Å². The van der Waals surface area contributed by atoms with Gasteiger partial charge in [-0.1, -0.05) is 41.9 Å². The second-order valence-corrected chi connectivity index (χ2v) is 12.5. The molecule has 2 aliphatic carbocycles. The minimum atomic E-state index is -5.08. The van der Waals surface area contributed by atoms with Gasteiger partial charge in [0.25, 0.3) is 0 Å². The number of alkyl halides is 6. The molecule has 0 aromatic heterocycles. The van der Waals surface area contributed by atoms with Crippen LogP contribution in [0.4, 0.5) is 26.3 Å². The molecule has 0 radical (unpaired) electrons. The zero-order valence-corrected chi connectivity index (χ0v) is 24.8. The zero-order chi connectivity index (χ0) is 31.0. The minimum absolute atomic E-state index is 0.107. The van der Waals surface area contributed by atoms with Crippen LogP contribution in [0, 0.1) is 11.3 Å². The van der Waals surface area contributed by atoms with Crippen LogP contribution in [0.3, 0.4) is 0 Å². The summed E-state index contributed by atoms with van der Waals surface area (Å²) in [4.78, 5) is 24.7. The number of nitrogens with zero attached hydrogens (tertiary/aromatic N) is 1. The Balaban J connectivity index is 0.000000517. The molecular formula is C30H33BrF6N2O3. The largest absolute Gasteiger partial charge is 0.490 e. The molecule has 2 aromatic rings. The van der Waals surface area contributed by atoms with E-state index in [0.29, 0.717) is 24.6 Å². The number of carboxylic acids is 1. The summed E-state index contributed by atoms with van der Waals surface area (Å²) in [5.41, 5.74) is 3.16. The Morgan fingerprint density at radius 2 is 1.69 bits per heavy atom. The molecule has 1 heterocycles. The molecule has 230 valence electrons. The molecule has 2 N–H and O–H groups in total. The first-order valence-electron chi connectivity index (χ1n) is 13.8. The van der Waals surface area contributed by atoms with Gasteiger partial charge < -0.3 is 15.3 Å². The number of hydrogen-bond donors (Lipinski definition) is 2. The summed E-state index contributed by atoms with van der Waals surface area (Å²) in [6.07, 6.45) is -4.21. The van der Waals surface area contributed by atoms with Crippen LogP contribution >= 0.6 is 15.9 Å². The predicted molar refractivity (Wildman–Crippen MR) is 148 cm³/mol. The Labute approximate surface area is 248 Å². The Bertz CT molecular complexity index is 1330. The van der Waals surface area contributed by atoms with Crippen LogP contribution in [0.1, 0.15) is 73.4 Å². The Morgan fingerprint density at radius 3 is 2.31 bits per heavy atom. The summed E-state index contributed by atoms with van der Waals surface area (Å²) in [6.45, 7) is 5.05. The number of aryl methyl sites for hydroxylation is 1. The highest BCUT2D eigenvalue weighted by Crippen LogP contribution is 2.48. The van der Waals surface area contributed by atoms with Crippen molar-refractivity contribution in [2.45, 2.75) is 83.4 Å². The molecule has 5 rings (SSSR count). The number of carbonyl (C=O) groups is 2. The Morgan fingerprint density at radius 1 is 1.00 bits per heavy atom. The van der Waals surface area contributed by atoms with E-state index in [1.54, 1.807) is 6.07 Å². The zero-order valence-electron chi connectivity index (χ0n) is 23.2. The van der Waals surface area contributed by atoms with Gasteiger partial charge in [-0.25, -0.2) is 4.79 Å². The van der Waals surface area contributed by atoms with Crippen molar-refractivity contribution in [2.75, 3.05) is 6.54 Å². The van der Waals surface area contributed by atoms with Gasteiger partial charge in [-0.3, -0.25) is 4.79 Å². The maximum absolute atomic E-state index is 13.9. The van der Waals surface area contributed by atoms with Crippen molar-refractivity contribution >= 4 is 27.8 Å². The summed E-state index contributed by atoms with van der Waals surface area (Å²) in [5, 5.41) is 11.0. The molecule has 2 aromatic carbocycles. The lowest BCUT2D eigenvalue weighted by Gasteiger charge is -2.40. The van der Waals surface area contributed by atoms with Crippen LogP contribution in [0.25, 0.3) is 0 Å². The van der Waals surface area contributed by atoms with Gasteiger partial charge in [0.1, 0.15) is 0 Å². The Hall–Kier alpha value is -2.60. The van der Waals surface area contributed by atoms with E-state index in [2.05, 4.69) is 53.3 Å². The maximum Gasteiger partial charge on any atom is 0.490 e. The molecule has 1 saturated carbocycles. The van der Waals surface area contributed by atoms with Gasteiger partial charge in [-0.15, -0.1) is 0 Å². The number of halogens is 7. The average Bonchev–Trinajstić information content (AvgIpc) is 3.52. The molecular weight excluding hydrogens is 630 g/mol. The fourth-order valence-corrected chi connectivity index (χ4v) is 6.86. The molecule has 1 fully saturated rings. The second kappa shape index (κ2) is 12.2. The second-order valence-electron chi connectivity index (χ2n) is 11.6. The summed E-state index contributed by atoms with van der Waals surface area (Å²) in [7, 11) is 0. The molecule has 0 spiro atoms. The van der Waals surface area contributed by atoms with Gasteiger partial charge in [0.15, 0.2) is 0 Å². The van der Waals surface area contributed by atoms with Gasteiger partial charge in [-0.2, -0.15) is 26.3 Å². The summed E-state index contributed by atoms with van der Waals surface area (Å²) >= 11 is 3.56. The summed E-state index contributed by atoms with van der Waals surface area (Å²) < 4.78 is 72.6. The van der Waals surface area contributed by atoms with E-state index in [1.165, 1.54) is 17.2 Å². The van der Waals surface area contributed by atoms with E-state index >= 15 is 0 Å². The van der Waals surface area contributed by atoms with E-state index < -0.39 is 29.3 Å². The van der Waals surface area contributed by atoms with Crippen molar-refractivity contribution in [2.24, 2.45) is 11.3 Å². The quantitative estimate of drug-likeness (QED) is 0.334. The number of aliphatic carboxylic acids is 1. The minimum Gasteiger partial charge on any atom is -0.475 e. The number of benzene rings is 2. The first kappa shape index (κ1) is 32.3. The van der Waals surface area contributed by atoms with Crippen LogP contribution in [-0.2, 0) is 35.2 Å². The monoisotopic (exact) mass is 662 g/mol. The summed E-state index contributed by atoms with van der Waals surface area (Å²) in [6, 6.07) is 11.0. The number of rotatable bonds is 4. The fourth-order valence-electron chi connectivity index (χ4n) is 6.45. The van der Waals surface area contributed by atoms with Crippen LogP contribution in [0.15, 0.2) is 40.9 Å². The van der Waals surface area contributed by atoms with Crippen molar-refractivity contribution < 1.29 is 41.0 Å². The van der Waals surface area contributed by atoms with Crippen molar-refractivity contribution in [1.29, 1.82) is 0 Å². The SMILES string of the molecule is CC(C)[C@]1(C(=O)N2CCc3ccc(C(F)(F)F)cc3C2)CC[C@@H](N[C@@H]2CCc3cc(Br)ccc32)C1.O=C(O)C(F)(F)F. The third-order valence-corrected chi connectivity index (χ3v) is 9.27. The number of fused-ring (bicyclic) bond motifs is 2. The lowest BCUT2D eigenvalue weighted by Crippen LogP contribution is -2.48. The molecule has 3 aliphatic rings. The molecule has 3 atom stereocenters. The molecule has 0 saturated heterocycles. The third-order valence-electron chi connectivity index (χ3n) is 8.78. The molecule has 1 aliphatic heterocycles. The molecule has 0 bridgehead atoms. The lowest BCUT2D eigenvalue weighted by molar-refractivity contribution is -0.192. The highest BCUT2D eigenvalue weighted by Gasteiger charge is 2.50. The molecule has 42 heavy (non-hydrogen) atoms. The van der Waals surface area contributed by atoms with Gasteiger partial charge in [0, 0.05) is 29.6 Å². The smallest absolute Gasteiger partial charge is 0.475 e. The standard InChI is InChI=1S/C28H32BrF3N2O.C2HF3O2/c1-17(2)27(11-9-23(15-27)33-25-8-4-19-14-22(29)6-7-24(19)25)26(35)34-12-10-18-3-5-21(28(30,31)32)13-20(18)16-34;3-2(4,5)1(6)7/h3,5-7,13-14,17,23,25,33H,4,8-12,15-16H2,1-2H3;(H,6,7)/t23-,25-,27+;/m1./s1. The number of carbonyl (C=O) groups excluding carboxylic acids is 1. The van der Waals surface area contributed by atoms with E-state index in [4.69, 9.17) is 9.90 Å². The van der Waals surface area contributed by atoms with Gasteiger partial charge in [0.05, 0.1) is 11.0 Å². The molecule has 5 nitrogen and oxygen atoms in total. The molecule has 0 unspecified atom stereocenters. The number of amides is 1. The number of carboxylic acid groups (broad SMARTS) is 1. The highest BCUT2D eigenvalue weighted by atomic mass is 79.9. The summed E-state index contributed by atoms with van der Waals surface area (Å²) in [5.74, 6) is -2.49. The molecule has 12 heteroatoms. The van der Waals surface area contributed by atoms with Gasteiger partial charge in [-0.05, 0) is 91.0 Å². The van der Waals surface area contributed by atoms with Crippen LogP contribution in [-0.4, -0.2) is 40.6 Å². The number of hydrogen-bond acceptors (Lipinski definition) is 3. The first-order chi connectivity index (χ1) is 19.5. The normalized spacial score (nSPS) is 23.7. The van der Waals surface area contributed by atoms with Crippen molar-refractivity contribution in [3.05, 3.63) is 68.7 Å².